The lowest BCUT2D eigenvalue weighted by atomic mass is 9.55. The van der Waals surface area contributed by atoms with Crippen LogP contribution in [0.4, 0.5) is 17.1 Å². The molecule has 6 aromatic carbocycles. The van der Waals surface area contributed by atoms with E-state index in [1.54, 1.807) is 5.57 Å². The Kier molecular flexibility index (Phi) is 7.68. The molecule has 2 nitrogen and oxygen atoms in total. The van der Waals surface area contributed by atoms with Crippen molar-refractivity contribution in [3.05, 3.63) is 192 Å². The number of hydrogen-bond donors (Lipinski definition) is 0. The maximum absolute atomic E-state index is 4.48. The fraction of sp³-hybridized carbons (Fsp3) is 0.218. The second kappa shape index (κ2) is 12.8. The van der Waals surface area contributed by atoms with Crippen LogP contribution in [0.5, 0.6) is 0 Å². The van der Waals surface area contributed by atoms with Gasteiger partial charge in [-0.3, -0.25) is 4.98 Å². The molecule has 4 atom stereocenters. The van der Waals surface area contributed by atoms with Crippen LogP contribution in [0.25, 0.3) is 44.5 Å². The topological polar surface area (TPSA) is 16.1 Å². The van der Waals surface area contributed by atoms with Crippen molar-refractivity contribution in [2.45, 2.75) is 57.8 Å². The molecule has 1 aromatic heterocycles. The molecule has 0 radical (unpaired) electrons. The molecule has 1 heterocycles. The minimum atomic E-state index is -0.170. The summed E-state index contributed by atoms with van der Waals surface area (Å²) in [4.78, 5) is 7.03. The highest BCUT2D eigenvalue weighted by Gasteiger charge is 2.52. The number of anilines is 3. The zero-order valence-electron chi connectivity index (χ0n) is 33.3. The van der Waals surface area contributed by atoms with Gasteiger partial charge in [0.05, 0.1) is 5.69 Å². The zero-order valence-corrected chi connectivity index (χ0v) is 33.3. The van der Waals surface area contributed by atoms with Crippen molar-refractivity contribution < 1.29 is 0 Å². The van der Waals surface area contributed by atoms with Crippen LogP contribution in [0.3, 0.4) is 0 Å². The third kappa shape index (κ3) is 5.12. The van der Waals surface area contributed by atoms with Crippen LogP contribution in [0.15, 0.2) is 170 Å². The first kappa shape index (κ1) is 34.3. The number of hydrogen-bond acceptors (Lipinski definition) is 2. The van der Waals surface area contributed by atoms with Crippen LogP contribution < -0.4 is 4.90 Å². The molecule has 57 heavy (non-hydrogen) atoms. The summed E-state index contributed by atoms with van der Waals surface area (Å²) < 4.78 is 0. The highest BCUT2D eigenvalue weighted by molar-refractivity contribution is 5.96. The quantitative estimate of drug-likeness (QED) is 0.164. The summed E-state index contributed by atoms with van der Waals surface area (Å²) in [7, 11) is 0. The fourth-order valence-corrected chi connectivity index (χ4v) is 11.6. The van der Waals surface area contributed by atoms with Gasteiger partial charge in [-0.15, -0.1) is 0 Å². The maximum Gasteiger partial charge on any atom is 0.0543 e. The molecule has 11 rings (SSSR count). The summed E-state index contributed by atoms with van der Waals surface area (Å²) >= 11 is 0. The van der Waals surface area contributed by atoms with Crippen molar-refractivity contribution in [2.24, 2.45) is 17.8 Å². The highest BCUT2D eigenvalue weighted by atomic mass is 15.1. The lowest BCUT2D eigenvalue weighted by Crippen LogP contribution is -2.42. The fourth-order valence-electron chi connectivity index (χ4n) is 11.6. The molecular formula is C55H48N2. The van der Waals surface area contributed by atoms with E-state index in [0.29, 0.717) is 17.8 Å². The minimum Gasteiger partial charge on any atom is -0.310 e. The largest absolute Gasteiger partial charge is 0.310 e. The molecule has 1 spiro atoms. The van der Waals surface area contributed by atoms with Gasteiger partial charge < -0.3 is 4.90 Å². The summed E-state index contributed by atoms with van der Waals surface area (Å²) in [5, 5.41) is 0. The van der Waals surface area contributed by atoms with Crippen molar-refractivity contribution in [1.29, 1.82) is 0 Å². The summed E-state index contributed by atoms with van der Waals surface area (Å²) in [5.41, 5.74) is 20.7. The maximum atomic E-state index is 4.48. The van der Waals surface area contributed by atoms with Gasteiger partial charge >= 0.3 is 0 Å². The Bertz CT molecular complexity index is 2720. The molecule has 2 heteroatoms. The van der Waals surface area contributed by atoms with Crippen LogP contribution in [-0.4, -0.2) is 4.98 Å². The Morgan fingerprint density at radius 2 is 1.18 bits per heavy atom. The number of benzene rings is 6. The number of rotatable bonds is 5. The van der Waals surface area contributed by atoms with Crippen LogP contribution in [0.2, 0.25) is 0 Å². The van der Waals surface area contributed by atoms with Crippen molar-refractivity contribution in [3.63, 3.8) is 0 Å². The third-order valence-corrected chi connectivity index (χ3v) is 14.2. The SMILES string of the molecule is CC1=CC2(c3ccccc3-c3cc(-c4ccncc4)c(N(c4ccc(-c5ccccc5)cc4)c4ccc5c(c4)C(C)(C)c4ccccc4-5)cc32)C2CC(C)CC1C2. The third-order valence-electron chi connectivity index (χ3n) is 14.2. The Labute approximate surface area is 337 Å². The summed E-state index contributed by atoms with van der Waals surface area (Å²) in [6.07, 6.45) is 10.4. The molecule has 7 aromatic rings. The lowest BCUT2D eigenvalue weighted by molar-refractivity contribution is 0.168. The molecule has 4 aliphatic rings. The number of pyridine rings is 1. The van der Waals surface area contributed by atoms with Gasteiger partial charge in [-0.25, -0.2) is 0 Å². The van der Waals surface area contributed by atoms with Crippen LogP contribution in [0, 0.1) is 17.8 Å². The molecule has 1 fully saturated rings. The van der Waals surface area contributed by atoms with Crippen LogP contribution in [0.1, 0.15) is 69.2 Å². The van der Waals surface area contributed by atoms with Crippen molar-refractivity contribution in [3.8, 4) is 44.5 Å². The van der Waals surface area contributed by atoms with E-state index in [1.807, 2.05) is 12.4 Å². The van der Waals surface area contributed by atoms with Crippen LogP contribution >= 0.6 is 0 Å². The van der Waals surface area contributed by atoms with E-state index < -0.39 is 0 Å². The first-order chi connectivity index (χ1) is 27.8. The van der Waals surface area contributed by atoms with Gasteiger partial charge in [0.15, 0.2) is 0 Å². The van der Waals surface area contributed by atoms with Crippen molar-refractivity contribution in [1.82, 2.24) is 4.98 Å². The van der Waals surface area contributed by atoms with Crippen molar-refractivity contribution >= 4 is 17.1 Å². The molecule has 2 bridgehead atoms. The first-order valence-electron chi connectivity index (χ1n) is 20.9. The number of aromatic nitrogens is 1. The van der Waals surface area contributed by atoms with Gasteiger partial charge in [0.25, 0.3) is 0 Å². The summed E-state index contributed by atoms with van der Waals surface area (Å²) in [5.74, 6) is 1.93. The summed E-state index contributed by atoms with van der Waals surface area (Å²) in [6, 6.07) is 54.9. The second-order valence-corrected chi connectivity index (χ2v) is 17.8. The molecule has 0 aliphatic heterocycles. The molecule has 278 valence electrons. The molecule has 4 unspecified atom stereocenters. The molecule has 0 saturated heterocycles. The van der Waals surface area contributed by atoms with Gasteiger partial charge in [0.1, 0.15) is 0 Å². The van der Waals surface area contributed by atoms with E-state index in [4.69, 9.17) is 0 Å². The van der Waals surface area contributed by atoms with E-state index in [1.165, 1.54) is 97.4 Å². The number of nitrogens with zero attached hydrogens (tertiary/aromatic N) is 2. The zero-order chi connectivity index (χ0) is 38.5. The van der Waals surface area contributed by atoms with E-state index in [-0.39, 0.29) is 10.8 Å². The minimum absolute atomic E-state index is 0.124. The number of allylic oxidation sites excluding steroid dienone is 2. The Balaban J connectivity index is 1.19. The van der Waals surface area contributed by atoms with E-state index in [9.17, 15) is 0 Å². The van der Waals surface area contributed by atoms with E-state index in [2.05, 4.69) is 189 Å². The second-order valence-electron chi connectivity index (χ2n) is 17.8. The van der Waals surface area contributed by atoms with Crippen LogP contribution in [-0.2, 0) is 10.8 Å². The van der Waals surface area contributed by atoms with Gasteiger partial charge in [0.2, 0.25) is 0 Å². The smallest absolute Gasteiger partial charge is 0.0543 e. The average Bonchev–Trinajstić information content (AvgIpc) is 3.65. The predicted molar refractivity (Wildman–Crippen MR) is 237 cm³/mol. The van der Waals surface area contributed by atoms with Crippen molar-refractivity contribution in [2.75, 3.05) is 4.90 Å². The summed E-state index contributed by atoms with van der Waals surface area (Å²) in [6.45, 7) is 9.67. The lowest BCUT2D eigenvalue weighted by Gasteiger charge is -2.49. The van der Waals surface area contributed by atoms with Gasteiger partial charge in [0, 0.05) is 40.2 Å². The Hall–Kier alpha value is -5.99. The Morgan fingerprint density at radius 1 is 0.526 bits per heavy atom. The molecule has 0 amide bonds. The standard InChI is InChI=1S/C55H48N2/c1-35-28-40-30-41(29-35)55(34-36(40)2)50-17-11-9-15-45(50)48-32-47(39-24-26-56-27-25-39)53(33-52(48)55)57(42-20-18-38(19-21-42)37-12-6-5-7-13-37)43-22-23-46-44-14-8-10-16-49(44)54(3,4)51(46)31-43/h5-27,31-35,40-41H,28-30H2,1-4H3. The molecular weight excluding hydrogens is 689 g/mol. The van der Waals surface area contributed by atoms with Gasteiger partial charge in [-0.05, 0) is 154 Å². The molecule has 4 aliphatic carbocycles. The monoisotopic (exact) mass is 736 g/mol. The Morgan fingerprint density at radius 3 is 1.95 bits per heavy atom. The van der Waals surface area contributed by atoms with E-state index >= 15 is 0 Å². The normalized spacial score (nSPS) is 22.0. The first-order valence-corrected chi connectivity index (χ1v) is 20.9. The van der Waals surface area contributed by atoms with Gasteiger partial charge in [-0.2, -0.15) is 0 Å². The average molecular weight is 737 g/mol. The van der Waals surface area contributed by atoms with E-state index in [0.717, 1.165) is 5.69 Å². The predicted octanol–water partition coefficient (Wildman–Crippen LogP) is 14.5. The number of fused-ring (bicyclic) bond motifs is 11. The molecule has 1 saturated carbocycles. The molecule has 0 N–H and O–H groups in total. The highest BCUT2D eigenvalue weighted by Crippen LogP contribution is 2.63. The van der Waals surface area contributed by atoms with Gasteiger partial charge in [-0.1, -0.05) is 129 Å².